The van der Waals surface area contributed by atoms with Crippen LogP contribution in [0.4, 0.5) is 5.69 Å². The first kappa shape index (κ1) is 10.7. The van der Waals surface area contributed by atoms with Gasteiger partial charge in [0.15, 0.2) is 0 Å². The molecule has 1 heterocycles. The normalized spacial score (nSPS) is 11.6. The van der Waals surface area contributed by atoms with Gasteiger partial charge in [-0.2, -0.15) is 5.10 Å². The highest BCUT2D eigenvalue weighted by molar-refractivity contribution is 7.95. The summed E-state index contributed by atoms with van der Waals surface area (Å²) in [5.74, 6) is 0. The van der Waals surface area contributed by atoms with Crippen LogP contribution in [0.3, 0.4) is 0 Å². The lowest BCUT2D eigenvalue weighted by Gasteiger charge is -2.06. The Hall–Kier alpha value is -1.82. The van der Waals surface area contributed by atoms with Crippen LogP contribution in [-0.4, -0.2) is 18.2 Å². The summed E-state index contributed by atoms with van der Waals surface area (Å²) in [6, 6.07) is 5.32. The van der Waals surface area contributed by atoms with E-state index in [1.165, 1.54) is 0 Å². The van der Waals surface area contributed by atoms with E-state index >= 15 is 0 Å². The van der Waals surface area contributed by atoms with E-state index in [0.29, 0.717) is 5.69 Å². The molecule has 2 aromatic rings. The van der Waals surface area contributed by atoms with E-state index in [0.717, 1.165) is 16.3 Å². The molecule has 84 valence electrons. The number of para-hydroxylation sites is 1. The molecule has 1 N–H and O–H groups in total. The molecule has 1 aromatic carbocycles. The highest BCUT2D eigenvalue weighted by atomic mass is 32.2. The van der Waals surface area contributed by atoms with Crippen molar-refractivity contribution < 1.29 is 8.42 Å². The average Bonchev–Trinajstić information content (AvgIpc) is 2.61. The summed E-state index contributed by atoms with van der Waals surface area (Å²) in [4.78, 5) is 0. The largest absolute Gasteiger partial charge is 0.278 e. The number of aryl methyl sites for hydroxylation is 1. The molecule has 2 rings (SSSR count). The van der Waals surface area contributed by atoms with Crippen molar-refractivity contribution in [3.05, 3.63) is 36.4 Å². The molecule has 5 nitrogen and oxygen atoms in total. The van der Waals surface area contributed by atoms with Gasteiger partial charge in [0.2, 0.25) is 0 Å². The van der Waals surface area contributed by atoms with Crippen LogP contribution in [0, 0.1) is 0 Å². The summed E-state index contributed by atoms with van der Waals surface area (Å²) >= 11 is 0. The Morgan fingerprint density at radius 1 is 1.50 bits per heavy atom. The van der Waals surface area contributed by atoms with Gasteiger partial charge in [0.25, 0.3) is 10.0 Å². The second-order valence-electron chi connectivity index (χ2n) is 3.33. The average molecular weight is 237 g/mol. The molecule has 0 aliphatic rings. The van der Waals surface area contributed by atoms with Gasteiger partial charge >= 0.3 is 0 Å². The Bertz CT molecular complexity index is 643. The minimum atomic E-state index is -3.49. The van der Waals surface area contributed by atoms with E-state index in [1.54, 1.807) is 30.1 Å². The number of benzene rings is 1. The molecule has 16 heavy (non-hydrogen) atoms. The lowest BCUT2D eigenvalue weighted by Crippen LogP contribution is -2.09. The predicted molar refractivity (Wildman–Crippen MR) is 63.5 cm³/mol. The molecular weight excluding hydrogens is 226 g/mol. The summed E-state index contributed by atoms with van der Waals surface area (Å²) in [7, 11) is -1.73. The Labute approximate surface area is 93.4 Å². The number of nitrogens with one attached hydrogen (secondary N) is 1. The van der Waals surface area contributed by atoms with Crippen LogP contribution in [0.2, 0.25) is 0 Å². The minimum Gasteiger partial charge on any atom is -0.278 e. The molecule has 0 atom stereocenters. The number of nitrogens with zero attached hydrogens (tertiary/aromatic N) is 2. The summed E-state index contributed by atoms with van der Waals surface area (Å²) in [5, 5.41) is 5.83. The maximum atomic E-state index is 11.4. The van der Waals surface area contributed by atoms with E-state index in [-0.39, 0.29) is 0 Å². The maximum Gasteiger partial charge on any atom is 0.254 e. The highest BCUT2D eigenvalue weighted by Gasteiger charge is 2.10. The molecule has 0 aliphatic carbocycles. The Morgan fingerprint density at radius 3 is 2.94 bits per heavy atom. The van der Waals surface area contributed by atoms with Crippen LogP contribution in [0.1, 0.15) is 0 Å². The molecule has 0 saturated heterocycles. The van der Waals surface area contributed by atoms with Crippen LogP contribution in [0.5, 0.6) is 0 Å². The van der Waals surface area contributed by atoms with E-state index < -0.39 is 10.0 Å². The smallest absolute Gasteiger partial charge is 0.254 e. The summed E-state index contributed by atoms with van der Waals surface area (Å²) in [6.07, 6.45) is 1.68. The van der Waals surface area contributed by atoms with Crippen LogP contribution < -0.4 is 4.72 Å². The molecule has 0 spiro atoms. The van der Waals surface area contributed by atoms with Gasteiger partial charge in [0.1, 0.15) is 0 Å². The Kier molecular flexibility index (Phi) is 2.43. The molecule has 6 heteroatoms. The van der Waals surface area contributed by atoms with Crippen molar-refractivity contribution in [1.82, 2.24) is 9.78 Å². The van der Waals surface area contributed by atoms with Gasteiger partial charge < -0.3 is 0 Å². The van der Waals surface area contributed by atoms with Crippen molar-refractivity contribution >= 4 is 26.6 Å². The van der Waals surface area contributed by atoms with Gasteiger partial charge in [-0.3, -0.25) is 9.40 Å². The topological polar surface area (TPSA) is 64.0 Å². The fourth-order valence-corrected chi connectivity index (χ4v) is 2.07. The lowest BCUT2D eigenvalue weighted by atomic mass is 10.2. The van der Waals surface area contributed by atoms with Crippen molar-refractivity contribution in [3.63, 3.8) is 0 Å². The fourth-order valence-electron chi connectivity index (χ4n) is 1.51. The standard InChI is InChI=1S/C10H11N3O2S/c1-3-16(14,15)12-9-6-4-5-8-7-11-13(2)10(8)9/h3-7,12H,1H2,2H3. The first-order chi connectivity index (χ1) is 7.53. The second kappa shape index (κ2) is 3.64. The van der Waals surface area contributed by atoms with E-state index in [9.17, 15) is 8.42 Å². The van der Waals surface area contributed by atoms with E-state index in [1.807, 2.05) is 6.07 Å². The number of sulfonamides is 1. The summed E-state index contributed by atoms with van der Waals surface area (Å²) < 4.78 is 26.8. The maximum absolute atomic E-state index is 11.4. The first-order valence-electron chi connectivity index (χ1n) is 4.59. The zero-order chi connectivity index (χ0) is 11.8. The predicted octanol–water partition coefficient (Wildman–Crippen LogP) is 1.46. The zero-order valence-corrected chi connectivity index (χ0v) is 9.53. The van der Waals surface area contributed by atoms with Crippen LogP contribution in [-0.2, 0) is 17.1 Å². The van der Waals surface area contributed by atoms with Crippen LogP contribution in [0.15, 0.2) is 36.4 Å². The molecule has 0 bridgehead atoms. The number of fused-ring (bicyclic) bond motifs is 1. The third-order valence-corrected chi connectivity index (χ3v) is 3.18. The molecule has 1 aromatic heterocycles. The highest BCUT2D eigenvalue weighted by Crippen LogP contribution is 2.23. The van der Waals surface area contributed by atoms with Crippen LogP contribution in [0.25, 0.3) is 10.9 Å². The van der Waals surface area contributed by atoms with E-state index in [2.05, 4.69) is 16.4 Å². The number of rotatable bonds is 3. The Morgan fingerprint density at radius 2 is 2.25 bits per heavy atom. The molecule has 0 fully saturated rings. The number of aromatic nitrogens is 2. The van der Waals surface area contributed by atoms with Gasteiger partial charge in [0.05, 0.1) is 17.4 Å². The van der Waals surface area contributed by atoms with Gasteiger partial charge in [-0.15, -0.1) is 0 Å². The van der Waals surface area contributed by atoms with Crippen molar-refractivity contribution in [2.24, 2.45) is 7.05 Å². The zero-order valence-electron chi connectivity index (χ0n) is 8.71. The van der Waals surface area contributed by atoms with Crippen molar-refractivity contribution in [2.45, 2.75) is 0 Å². The van der Waals surface area contributed by atoms with Crippen molar-refractivity contribution in [2.75, 3.05) is 4.72 Å². The van der Waals surface area contributed by atoms with Gasteiger partial charge in [-0.1, -0.05) is 18.7 Å². The third-order valence-electron chi connectivity index (χ3n) is 2.23. The fraction of sp³-hybridized carbons (Fsp3) is 0.100. The van der Waals surface area contributed by atoms with Gasteiger partial charge in [-0.05, 0) is 6.07 Å². The first-order valence-corrected chi connectivity index (χ1v) is 6.14. The SMILES string of the molecule is C=CS(=O)(=O)Nc1cccc2cnn(C)c12. The van der Waals surface area contributed by atoms with Crippen LogP contribution >= 0.6 is 0 Å². The molecule has 0 radical (unpaired) electrons. The molecule has 0 amide bonds. The third kappa shape index (κ3) is 1.79. The second-order valence-corrected chi connectivity index (χ2v) is 4.95. The summed E-state index contributed by atoms with van der Waals surface area (Å²) in [6.45, 7) is 3.25. The van der Waals surface area contributed by atoms with Crippen molar-refractivity contribution in [1.29, 1.82) is 0 Å². The molecular formula is C10H11N3O2S. The van der Waals surface area contributed by atoms with Gasteiger partial charge in [-0.25, -0.2) is 8.42 Å². The number of hydrogen-bond acceptors (Lipinski definition) is 3. The lowest BCUT2D eigenvalue weighted by molar-refractivity contribution is 0.609. The van der Waals surface area contributed by atoms with E-state index in [4.69, 9.17) is 0 Å². The Balaban J connectivity index is 2.61. The van der Waals surface area contributed by atoms with Gasteiger partial charge in [0, 0.05) is 17.8 Å². The minimum absolute atomic E-state index is 0.498. The monoisotopic (exact) mass is 237 g/mol. The molecule has 0 unspecified atom stereocenters. The summed E-state index contributed by atoms with van der Waals surface area (Å²) in [5.41, 5.74) is 1.24. The molecule has 0 saturated carbocycles. The van der Waals surface area contributed by atoms with Crippen molar-refractivity contribution in [3.8, 4) is 0 Å². The molecule has 0 aliphatic heterocycles. The number of hydrogen-bond donors (Lipinski definition) is 1. The number of anilines is 1. The quantitative estimate of drug-likeness (QED) is 0.879.